The minimum absolute atomic E-state index is 0.220. The van der Waals surface area contributed by atoms with Gasteiger partial charge < -0.3 is 25.8 Å². The third-order valence-electron chi connectivity index (χ3n) is 7.59. The molecule has 2 atom stereocenters. The number of rotatable bonds is 15. The van der Waals surface area contributed by atoms with Crippen molar-refractivity contribution in [3.05, 3.63) is 89.1 Å². The number of hydrogen-bond donors (Lipinski definition) is 4. The summed E-state index contributed by atoms with van der Waals surface area (Å²) in [6.45, 7) is 13.0. The number of hydrogen-bond acceptors (Lipinski definition) is 7. The molecule has 2 unspecified atom stereocenters. The van der Waals surface area contributed by atoms with E-state index in [0.717, 1.165) is 22.0 Å². The number of fused-ring (bicyclic) bond motifs is 1. The fourth-order valence-corrected chi connectivity index (χ4v) is 5.68. The Bertz CT molecular complexity index is 1500. The molecule has 1 saturated heterocycles. The van der Waals surface area contributed by atoms with E-state index in [-0.39, 0.29) is 37.5 Å². The van der Waals surface area contributed by atoms with Crippen molar-refractivity contribution >= 4 is 45.7 Å². The Kier molecular flexibility index (Phi) is 15.1. The van der Waals surface area contributed by atoms with Gasteiger partial charge in [-0.3, -0.25) is 19.2 Å². The Labute approximate surface area is 275 Å². The van der Waals surface area contributed by atoms with Gasteiger partial charge >= 0.3 is 0 Å². The molecule has 0 bridgehead atoms. The number of H-pyrrole nitrogens is 1. The number of ketones is 1. The minimum atomic E-state index is -0.878. The maximum Gasteiger partial charge on any atom is 0.243 e. The molecule has 1 aliphatic heterocycles. The van der Waals surface area contributed by atoms with E-state index in [9.17, 15) is 19.2 Å². The monoisotopic (exact) mass is 646 g/mol. The first-order chi connectivity index (χ1) is 22.2. The Balaban J connectivity index is 0.000000724. The lowest BCUT2D eigenvalue weighted by molar-refractivity contribution is -0.130. The molecule has 1 aromatic carbocycles. The highest BCUT2D eigenvalue weighted by atomic mass is 32.1. The zero-order valence-corrected chi connectivity index (χ0v) is 27.8. The summed E-state index contributed by atoms with van der Waals surface area (Å²) in [6.07, 6.45) is 14.0. The molecule has 3 aromatic rings. The summed E-state index contributed by atoms with van der Waals surface area (Å²) in [5.41, 5.74) is 2.66. The maximum atomic E-state index is 13.2. The van der Waals surface area contributed by atoms with E-state index in [1.54, 1.807) is 30.5 Å². The molecule has 2 aromatic heterocycles. The first kappa shape index (κ1) is 36.1. The van der Waals surface area contributed by atoms with Gasteiger partial charge in [0.05, 0.1) is 12.6 Å². The number of thiazole rings is 1. The molecule has 1 fully saturated rings. The molecule has 1 aliphatic rings. The summed E-state index contributed by atoms with van der Waals surface area (Å²) in [7, 11) is 0. The minimum Gasteiger partial charge on any atom is -0.361 e. The molecule has 0 aliphatic carbocycles. The number of benzene rings is 1. The number of para-hydroxylation sites is 1. The van der Waals surface area contributed by atoms with Crippen LogP contribution in [0.15, 0.2) is 78.5 Å². The van der Waals surface area contributed by atoms with Crippen LogP contribution in [0.5, 0.6) is 0 Å². The molecule has 0 spiro atoms. The van der Waals surface area contributed by atoms with Crippen molar-refractivity contribution in [1.29, 1.82) is 0 Å². The summed E-state index contributed by atoms with van der Waals surface area (Å²) >= 11 is 1.20. The quantitative estimate of drug-likeness (QED) is 0.139. The Morgan fingerprint density at radius 3 is 2.46 bits per heavy atom. The van der Waals surface area contributed by atoms with Crippen molar-refractivity contribution in [2.24, 2.45) is 0 Å². The first-order valence-corrected chi connectivity index (χ1v) is 16.7. The summed E-state index contributed by atoms with van der Waals surface area (Å²) in [5, 5.41) is 11.0. The molecule has 11 heteroatoms. The van der Waals surface area contributed by atoms with Crippen LogP contribution < -0.4 is 16.0 Å². The Morgan fingerprint density at radius 2 is 1.80 bits per heavy atom. The smallest absolute Gasteiger partial charge is 0.243 e. The molecule has 3 heterocycles. The van der Waals surface area contributed by atoms with E-state index in [2.05, 4.69) is 44.3 Å². The molecule has 0 saturated carbocycles. The molecule has 10 nitrogen and oxygen atoms in total. The molecular weight excluding hydrogens is 600 g/mol. The number of nitrogens with one attached hydrogen (secondary N) is 4. The van der Waals surface area contributed by atoms with Crippen LogP contribution in [0.2, 0.25) is 0 Å². The Hall–Kier alpha value is -4.35. The largest absolute Gasteiger partial charge is 0.361 e. The number of nitrogens with zero attached hydrogens (tertiary/aromatic N) is 2. The number of allylic oxidation sites excluding steroid dienone is 4. The third kappa shape index (κ3) is 11.5. The van der Waals surface area contributed by atoms with Crippen LogP contribution in [0, 0.1) is 0 Å². The second kappa shape index (κ2) is 19.2. The lowest BCUT2D eigenvalue weighted by Gasteiger charge is -2.20. The number of Topliss-reactive ketones (excluding diaryl/α,β-unsaturated/α-hetero) is 1. The van der Waals surface area contributed by atoms with Crippen LogP contribution in [0.25, 0.3) is 10.9 Å². The summed E-state index contributed by atoms with van der Waals surface area (Å²) < 4.78 is 0. The van der Waals surface area contributed by atoms with Crippen molar-refractivity contribution in [3.63, 3.8) is 0 Å². The van der Waals surface area contributed by atoms with Gasteiger partial charge in [-0.05, 0) is 57.5 Å². The second-order valence-electron chi connectivity index (χ2n) is 11.1. The highest BCUT2D eigenvalue weighted by molar-refractivity contribution is 7.11. The van der Waals surface area contributed by atoms with Crippen LogP contribution in [-0.4, -0.2) is 76.6 Å². The molecule has 3 amide bonds. The third-order valence-corrected chi connectivity index (χ3v) is 8.38. The zero-order valence-electron chi connectivity index (χ0n) is 27.0. The van der Waals surface area contributed by atoms with Gasteiger partial charge in [0.25, 0.3) is 0 Å². The molecular formula is C35H46N6O4S. The van der Waals surface area contributed by atoms with Gasteiger partial charge in [0, 0.05) is 41.5 Å². The van der Waals surface area contributed by atoms with Gasteiger partial charge in [0.15, 0.2) is 5.01 Å². The lowest BCUT2D eigenvalue weighted by atomic mass is 10.0. The molecule has 246 valence electrons. The van der Waals surface area contributed by atoms with Gasteiger partial charge in [-0.15, -0.1) is 11.3 Å². The number of aromatic nitrogens is 2. The van der Waals surface area contributed by atoms with E-state index in [0.29, 0.717) is 5.01 Å². The average molecular weight is 647 g/mol. The number of amides is 3. The number of likely N-dealkylation sites (tertiary alicyclic amines) is 1. The van der Waals surface area contributed by atoms with E-state index < -0.39 is 23.9 Å². The second-order valence-corrected chi connectivity index (χ2v) is 12.0. The lowest BCUT2D eigenvalue weighted by Crippen LogP contribution is -2.51. The van der Waals surface area contributed by atoms with Gasteiger partial charge in [-0.2, -0.15) is 0 Å². The number of carbonyl (C=O) groups is 4. The Morgan fingerprint density at radius 1 is 1.07 bits per heavy atom. The molecule has 4 N–H and O–H groups in total. The van der Waals surface area contributed by atoms with Gasteiger partial charge in [0.1, 0.15) is 6.04 Å². The summed E-state index contributed by atoms with van der Waals surface area (Å²) in [5.74, 6) is -1.61. The van der Waals surface area contributed by atoms with Crippen LogP contribution in [0.3, 0.4) is 0 Å². The normalized spacial score (nSPS) is 14.7. The van der Waals surface area contributed by atoms with Crippen molar-refractivity contribution in [1.82, 2.24) is 30.8 Å². The predicted octanol–water partition coefficient (Wildman–Crippen LogP) is 4.73. The average Bonchev–Trinajstić information content (AvgIpc) is 3.86. The zero-order chi connectivity index (χ0) is 33.3. The standard InChI is InChI=1S/C29H33N5O4S.C6H13N/c1-4-6-7-10-19(3)15-24(34-25(35)5-2)28(38)32-18-26(36)33-23(27(37)29-30-13-14-39-29)16-20-17-31-22-12-9-8-11-21(20)22;1-2-7-5-3-4-6-7/h4,6-14,17,23-24,31H,1,5,15-16,18H2,2-3H3,(H,32,38)(H,33,36)(H,34,35);2-6H2,1H3/b7-6-,19-10+;. The summed E-state index contributed by atoms with van der Waals surface area (Å²) in [6, 6.07) is 5.98. The number of aromatic amines is 1. The van der Waals surface area contributed by atoms with Crippen molar-refractivity contribution in [2.75, 3.05) is 26.2 Å². The van der Waals surface area contributed by atoms with Gasteiger partial charge in [0.2, 0.25) is 23.5 Å². The van der Waals surface area contributed by atoms with Crippen LogP contribution in [-0.2, 0) is 20.8 Å². The molecule has 4 rings (SSSR count). The van der Waals surface area contributed by atoms with Crippen molar-refractivity contribution in [3.8, 4) is 0 Å². The predicted molar refractivity (Wildman–Crippen MR) is 185 cm³/mol. The van der Waals surface area contributed by atoms with Crippen molar-refractivity contribution in [2.45, 2.75) is 65.0 Å². The summed E-state index contributed by atoms with van der Waals surface area (Å²) in [4.78, 5) is 60.8. The number of carbonyl (C=O) groups excluding carboxylic acids is 4. The van der Waals surface area contributed by atoms with Crippen LogP contribution in [0.4, 0.5) is 0 Å². The fourth-order valence-electron chi connectivity index (χ4n) is 5.05. The van der Waals surface area contributed by atoms with Gasteiger partial charge in [-0.1, -0.05) is 68.5 Å². The topological polar surface area (TPSA) is 136 Å². The first-order valence-electron chi connectivity index (χ1n) is 15.8. The van der Waals surface area contributed by atoms with Crippen molar-refractivity contribution < 1.29 is 19.2 Å². The highest BCUT2D eigenvalue weighted by Crippen LogP contribution is 2.20. The van der Waals surface area contributed by atoms with Gasteiger partial charge in [-0.25, -0.2) is 4.98 Å². The maximum absolute atomic E-state index is 13.2. The SMILES string of the molecule is C=C/C=C\C=C(/C)CC(NC(=O)CC)C(=O)NCC(=O)NC(Cc1c[nH]c2ccccc12)C(=O)c1nccs1.CCN1CCCC1. The van der Waals surface area contributed by atoms with E-state index in [1.165, 1.54) is 50.0 Å². The van der Waals surface area contributed by atoms with Crippen LogP contribution >= 0.6 is 11.3 Å². The van der Waals surface area contributed by atoms with E-state index >= 15 is 0 Å². The van der Waals surface area contributed by atoms with E-state index in [1.807, 2.05) is 43.5 Å². The molecule has 0 radical (unpaired) electrons. The van der Waals surface area contributed by atoms with E-state index in [4.69, 9.17) is 0 Å². The molecule has 46 heavy (non-hydrogen) atoms. The van der Waals surface area contributed by atoms with Crippen LogP contribution in [0.1, 0.15) is 61.8 Å². The highest BCUT2D eigenvalue weighted by Gasteiger charge is 2.27. The fraction of sp³-hybridized carbons (Fsp3) is 0.400.